The molecule has 1 fully saturated rings. The molecule has 3 rings (SSSR count). The summed E-state index contributed by atoms with van der Waals surface area (Å²) in [5.74, 6) is 0.144. The largest absolute Gasteiger partial charge is 0.495 e. The normalized spacial score (nSPS) is 16.8. The summed E-state index contributed by atoms with van der Waals surface area (Å²) in [4.78, 5) is 26.4. The highest BCUT2D eigenvalue weighted by Gasteiger charge is 2.36. The first-order valence-corrected chi connectivity index (χ1v) is 8.35. The Hall–Kier alpha value is -2.82. The summed E-state index contributed by atoms with van der Waals surface area (Å²) >= 11 is 0. The highest BCUT2D eigenvalue weighted by Crippen LogP contribution is 2.32. The number of amides is 2. The van der Waals surface area contributed by atoms with Crippen LogP contribution in [0.1, 0.15) is 17.5 Å². The third-order valence-corrected chi connectivity index (χ3v) is 4.46. The van der Waals surface area contributed by atoms with Crippen molar-refractivity contribution in [1.82, 2.24) is 5.32 Å². The van der Waals surface area contributed by atoms with Crippen molar-refractivity contribution < 1.29 is 14.3 Å². The number of carbonyl (C=O) groups excluding carboxylic acids is 2. The lowest BCUT2D eigenvalue weighted by atomic mass is 10.1. The van der Waals surface area contributed by atoms with Crippen molar-refractivity contribution in [2.75, 3.05) is 18.6 Å². The van der Waals surface area contributed by atoms with Gasteiger partial charge in [-0.1, -0.05) is 42.0 Å². The standard InChI is InChI=1S/C20H22N2O3/c1-14-7-9-15(10-8-14)12-21-20(24)16-11-19(23)22(13-16)17-5-3-4-6-18(17)25-2/h3-10,16H,11-13H2,1-2H3,(H,21,24)/t16-/m1/s1. The maximum Gasteiger partial charge on any atom is 0.227 e. The van der Waals surface area contributed by atoms with Gasteiger partial charge < -0.3 is 15.0 Å². The van der Waals surface area contributed by atoms with Gasteiger partial charge in [0, 0.05) is 19.5 Å². The number of nitrogens with zero attached hydrogens (tertiary/aromatic N) is 1. The Bertz CT molecular complexity index is 771. The predicted molar refractivity (Wildman–Crippen MR) is 96.5 cm³/mol. The lowest BCUT2D eigenvalue weighted by Crippen LogP contribution is -2.32. The number of ether oxygens (including phenoxy) is 1. The van der Waals surface area contributed by atoms with Crippen LogP contribution in [0.2, 0.25) is 0 Å². The predicted octanol–water partition coefficient (Wildman–Crippen LogP) is 2.67. The minimum absolute atomic E-state index is 0.0556. The molecule has 0 radical (unpaired) electrons. The Morgan fingerprint density at radius 1 is 1.20 bits per heavy atom. The molecule has 2 amide bonds. The number of anilines is 1. The van der Waals surface area contributed by atoms with Gasteiger partial charge in [-0.3, -0.25) is 9.59 Å². The summed E-state index contributed by atoms with van der Waals surface area (Å²) in [6, 6.07) is 15.4. The molecule has 2 aromatic rings. The summed E-state index contributed by atoms with van der Waals surface area (Å²) < 4.78 is 5.32. The van der Waals surface area contributed by atoms with E-state index < -0.39 is 0 Å². The average Bonchev–Trinajstić information content (AvgIpc) is 3.02. The Morgan fingerprint density at radius 3 is 2.64 bits per heavy atom. The molecule has 1 saturated heterocycles. The van der Waals surface area contributed by atoms with E-state index >= 15 is 0 Å². The zero-order chi connectivity index (χ0) is 17.8. The molecular formula is C20H22N2O3. The maximum atomic E-state index is 12.4. The van der Waals surface area contributed by atoms with Crippen LogP contribution in [0.15, 0.2) is 48.5 Å². The molecule has 1 N–H and O–H groups in total. The molecule has 5 nitrogen and oxygen atoms in total. The first-order valence-electron chi connectivity index (χ1n) is 8.35. The van der Waals surface area contributed by atoms with Crippen LogP contribution in [-0.2, 0) is 16.1 Å². The molecular weight excluding hydrogens is 316 g/mol. The Morgan fingerprint density at radius 2 is 1.92 bits per heavy atom. The van der Waals surface area contributed by atoms with Crippen LogP contribution in [-0.4, -0.2) is 25.5 Å². The summed E-state index contributed by atoms with van der Waals surface area (Å²) in [6.45, 7) is 2.87. The van der Waals surface area contributed by atoms with E-state index in [0.29, 0.717) is 24.5 Å². The van der Waals surface area contributed by atoms with Gasteiger partial charge in [-0.15, -0.1) is 0 Å². The van der Waals surface area contributed by atoms with Crippen LogP contribution in [0.3, 0.4) is 0 Å². The molecule has 5 heteroatoms. The molecule has 0 spiro atoms. The number of hydrogen-bond acceptors (Lipinski definition) is 3. The molecule has 1 heterocycles. The van der Waals surface area contributed by atoms with E-state index in [0.717, 1.165) is 5.56 Å². The van der Waals surface area contributed by atoms with Gasteiger partial charge >= 0.3 is 0 Å². The number of para-hydroxylation sites is 2. The van der Waals surface area contributed by atoms with Gasteiger partial charge in [-0.25, -0.2) is 0 Å². The average molecular weight is 338 g/mol. The molecule has 0 aromatic heterocycles. The van der Waals surface area contributed by atoms with E-state index in [4.69, 9.17) is 4.74 Å². The number of rotatable bonds is 5. The van der Waals surface area contributed by atoms with E-state index in [9.17, 15) is 9.59 Å². The smallest absolute Gasteiger partial charge is 0.227 e. The molecule has 1 atom stereocenters. The zero-order valence-electron chi connectivity index (χ0n) is 14.5. The van der Waals surface area contributed by atoms with E-state index in [1.807, 2.05) is 55.5 Å². The van der Waals surface area contributed by atoms with Gasteiger partial charge in [0.1, 0.15) is 5.75 Å². The van der Waals surface area contributed by atoms with Crippen molar-refractivity contribution in [2.45, 2.75) is 19.9 Å². The van der Waals surface area contributed by atoms with E-state index in [1.165, 1.54) is 5.56 Å². The fourth-order valence-electron chi connectivity index (χ4n) is 3.01. The molecule has 0 aliphatic carbocycles. The van der Waals surface area contributed by atoms with Crippen molar-refractivity contribution >= 4 is 17.5 Å². The molecule has 130 valence electrons. The monoisotopic (exact) mass is 338 g/mol. The van der Waals surface area contributed by atoms with Crippen LogP contribution < -0.4 is 15.0 Å². The van der Waals surface area contributed by atoms with Crippen molar-refractivity contribution in [2.24, 2.45) is 5.92 Å². The quantitative estimate of drug-likeness (QED) is 0.912. The molecule has 2 aromatic carbocycles. The van der Waals surface area contributed by atoms with Crippen molar-refractivity contribution in [3.05, 3.63) is 59.7 Å². The molecule has 1 aliphatic rings. The van der Waals surface area contributed by atoms with E-state index in [2.05, 4.69) is 5.32 Å². The Kier molecular flexibility index (Phi) is 5.03. The maximum absolute atomic E-state index is 12.4. The molecule has 0 bridgehead atoms. The number of benzene rings is 2. The van der Waals surface area contributed by atoms with Crippen molar-refractivity contribution in [3.63, 3.8) is 0 Å². The van der Waals surface area contributed by atoms with Gasteiger partial charge in [0.25, 0.3) is 0 Å². The molecule has 0 saturated carbocycles. The van der Waals surface area contributed by atoms with Crippen LogP contribution in [0.5, 0.6) is 5.75 Å². The number of methoxy groups -OCH3 is 1. The van der Waals surface area contributed by atoms with E-state index in [1.54, 1.807) is 12.0 Å². The highest BCUT2D eigenvalue weighted by molar-refractivity contribution is 6.01. The zero-order valence-corrected chi connectivity index (χ0v) is 14.5. The van der Waals surface area contributed by atoms with Crippen molar-refractivity contribution in [1.29, 1.82) is 0 Å². The van der Waals surface area contributed by atoms with Crippen LogP contribution in [0.25, 0.3) is 0 Å². The number of aryl methyl sites for hydroxylation is 1. The van der Waals surface area contributed by atoms with Crippen LogP contribution >= 0.6 is 0 Å². The third-order valence-electron chi connectivity index (χ3n) is 4.46. The molecule has 25 heavy (non-hydrogen) atoms. The first kappa shape index (κ1) is 17.0. The van der Waals surface area contributed by atoms with Gasteiger partial charge in [-0.05, 0) is 24.6 Å². The molecule has 1 aliphatic heterocycles. The third kappa shape index (κ3) is 3.82. The van der Waals surface area contributed by atoms with Crippen LogP contribution in [0.4, 0.5) is 5.69 Å². The Balaban J connectivity index is 1.63. The Labute approximate surface area is 147 Å². The van der Waals surface area contributed by atoms with Crippen LogP contribution in [0, 0.1) is 12.8 Å². The fourth-order valence-corrected chi connectivity index (χ4v) is 3.01. The number of hydrogen-bond donors (Lipinski definition) is 1. The van der Waals surface area contributed by atoms with Gasteiger partial charge in [-0.2, -0.15) is 0 Å². The van der Waals surface area contributed by atoms with Gasteiger partial charge in [0.05, 0.1) is 18.7 Å². The second-order valence-electron chi connectivity index (χ2n) is 6.28. The summed E-state index contributed by atoms with van der Waals surface area (Å²) in [5, 5.41) is 2.93. The van der Waals surface area contributed by atoms with Crippen molar-refractivity contribution in [3.8, 4) is 5.75 Å². The second-order valence-corrected chi connectivity index (χ2v) is 6.28. The summed E-state index contributed by atoms with van der Waals surface area (Å²) in [6.07, 6.45) is 0.220. The summed E-state index contributed by atoms with van der Waals surface area (Å²) in [5.41, 5.74) is 2.94. The lowest BCUT2D eigenvalue weighted by Gasteiger charge is -2.19. The number of carbonyl (C=O) groups is 2. The number of nitrogens with one attached hydrogen (secondary N) is 1. The second kappa shape index (κ2) is 7.38. The van der Waals surface area contributed by atoms with E-state index in [-0.39, 0.29) is 24.2 Å². The molecule has 0 unspecified atom stereocenters. The lowest BCUT2D eigenvalue weighted by molar-refractivity contribution is -0.126. The summed E-state index contributed by atoms with van der Waals surface area (Å²) in [7, 11) is 1.57. The first-order chi connectivity index (χ1) is 12.1. The van der Waals surface area contributed by atoms with Gasteiger partial charge in [0.15, 0.2) is 0 Å². The van der Waals surface area contributed by atoms with Gasteiger partial charge in [0.2, 0.25) is 11.8 Å². The highest BCUT2D eigenvalue weighted by atomic mass is 16.5. The fraction of sp³-hybridized carbons (Fsp3) is 0.300. The topological polar surface area (TPSA) is 58.6 Å². The minimum Gasteiger partial charge on any atom is -0.495 e. The minimum atomic E-state index is -0.345. The SMILES string of the molecule is COc1ccccc1N1C[C@H](C(=O)NCc2ccc(C)cc2)CC1=O.